The molecule has 1 aromatic rings. The number of esters is 1. The maximum atomic E-state index is 11.7. The lowest BCUT2D eigenvalue weighted by Crippen LogP contribution is -2.25. The number of carbonyl (C=O) groups is 1. The number of benzene rings is 1. The van der Waals surface area contributed by atoms with Crippen LogP contribution in [0.1, 0.15) is 29.6 Å². The molecule has 0 spiro atoms. The molecule has 1 aromatic carbocycles. The molecular weight excluding hydrogens is 249 g/mol. The van der Waals surface area contributed by atoms with Gasteiger partial charge in [-0.2, -0.15) is 0 Å². The van der Waals surface area contributed by atoms with E-state index in [4.69, 9.17) is 33.7 Å². The third-order valence-corrected chi connectivity index (χ3v) is 3.27. The summed E-state index contributed by atoms with van der Waals surface area (Å²) >= 11 is 11.7. The van der Waals surface area contributed by atoms with Gasteiger partial charge in [-0.15, -0.1) is 0 Å². The largest absolute Gasteiger partial charge is 0.459 e. The van der Waals surface area contributed by atoms with Gasteiger partial charge in [-0.3, -0.25) is 0 Å². The molecule has 0 bridgehead atoms. The molecule has 1 aliphatic rings. The van der Waals surface area contributed by atoms with Crippen molar-refractivity contribution in [1.29, 1.82) is 0 Å². The highest BCUT2D eigenvalue weighted by Gasteiger charge is 2.23. The Balaban J connectivity index is 2.16. The van der Waals surface area contributed by atoms with E-state index in [1.165, 1.54) is 12.1 Å². The van der Waals surface area contributed by atoms with Crippen molar-refractivity contribution in [2.24, 2.45) is 0 Å². The van der Waals surface area contributed by atoms with E-state index in [9.17, 15) is 4.79 Å². The van der Waals surface area contributed by atoms with Crippen molar-refractivity contribution in [2.45, 2.75) is 25.4 Å². The van der Waals surface area contributed by atoms with Gasteiger partial charge in [0.1, 0.15) is 6.10 Å². The SMILES string of the molecule is Nc1c(Cl)cc(C(=O)OC2CCC2)cc1Cl. The summed E-state index contributed by atoms with van der Waals surface area (Å²) < 4.78 is 5.23. The molecule has 2 N–H and O–H groups in total. The van der Waals surface area contributed by atoms with E-state index in [1.807, 2.05) is 0 Å². The van der Waals surface area contributed by atoms with E-state index in [2.05, 4.69) is 0 Å². The van der Waals surface area contributed by atoms with Gasteiger partial charge < -0.3 is 10.5 Å². The van der Waals surface area contributed by atoms with E-state index < -0.39 is 5.97 Å². The zero-order chi connectivity index (χ0) is 11.7. The lowest BCUT2D eigenvalue weighted by atomic mass is 9.96. The molecule has 16 heavy (non-hydrogen) atoms. The minimum Gasteiger partial charge on any atom is -0.459 e. The van der Waals surface area contributed by atoms with Gasteiger partial charge in [0.25, 0.3) is 0 Å². The number of hydrogen-bond acceptors (Lipinski definition) is 3. The van der Waals surface area contributed by atoms with Crippen LogP contribution in [0.25, 0.3) is 0 Å². The molecule has 0 aromatic heterocycles. The highest BCUT2D eigenvalue weighted by atomic mass is 35.5. The Morgan fingerprint density at radius 3 is 2.31 bits per heavy atom. The number of halogens is 2. The Labute approximate surface area is 103 Å². The van der Waals surface area contributed by atoms with Crippen LogP contribution in [0.5, 0.6) is 0 Å². The van der Waals surface area contributed by atoms with Crippen molar-refractivity contribution in [1.82, 2.24) is 0 Å². The number of anilines is 1. The lowest BCUT2D eigenvalue weighted by Gasteiger charge is -2.25. The molecule has 0 heterocycles. The van der Waals surface area contributed by atoms with Crippen molar-refractivity contribution in [3.05, 3.63) is 27.7 Å². The first-order valence-electron chi connectivity index (χ1n) is 5.03. The van der Waals surface area contributed by atoms with Crippen molar-refractivity contribution in [3.8, 4) is 0 Å². The molecule has 0 radical (unpaired) electrons. The molecule has 0 saturated heterocycles. The monoisotopic (exact) mass is 259 g/mol. The first-order valence-corrected chi connectivity index (χ1v) is 5.79. The van der Waals surface area contributed by atoms with Gasteiger partial charge in [0.15, 0.2) is 0 Å². The maximum Gasteiger partial charge on any atom is 0.338 e. The van der Waals surface area contributed by atoms with E-state index in [0.29, 0.717) is 5.56 Å². The Kier molecular flexibility index (Phi) is 3.26. The smallest absolute Gasteiger partial charge is 0.338 e. The van der Waals surface area contributed by atoms with Crippen LogP contribution in [0, 0.1) is 0 Å². The number of nitrogen functional groups attached to an aromatic ring is 1. The zero-order valence-electron chi connectivity index (χ0n) is 8.50. The summed E-state index contributed by atoms with van der Waals surface area (Å²) in [7, 11) is 0. The topological polar surface area (TPSA) is 52.3 Å². The van der Waals surface area contributed by atoms with Gasteiger partial charge in [-0.05, 0) is 31.4 Å². The molecule has 86 valence electrons. The van der Waals surface area contributed by atoms with Gasteiger partial charge in [0.05, 0.1) is 21.3 Å². The number of ether oxygens (including phenoxy) is 1. The summed E-state index contributed by atoms with van der Waals surface area (Å²) in [6.07, 6.45) is 3.02. The van der Waals surface area contributed by atoms with E-state index in [1.54, 1.807) is 0 Å². The van der Waals surface area contributed by atoms with Crippen LogP contribution in [0.3, 0.4) is 0 Å². The number of nitrogens with two attached hydrogens (primary N) is 1. The molecule has 1 aliphatic carbocycles. The van der Waals surface area contributed by atoms with Crippen molar-refractivity contribution in [2.75, 3.05) is 5.73 Å². The highest BCUT2D eigenvalue weighted by molar-refractivity contribution is 6.39. The van der Waals surface area contributed by atoms with E-state index >= 15 is 0 Å². The third-order valence-electron chi connectivity index (χ3n) is 2.64. The molecule has 0 atom stereocenters. The van der Waals surface area contributed by atoms with Crippen LogP contribution in [-0.4, -0.2) is 12.1 Å². The first kappa shape index (κ1) is 11.6. The standard InChI is InChI=1S/C11H11Cl2NO2/c12-8-4-6(5-9(13)10(8)14)11(15)16-7-2-1-3-7/h4-5,7H,1-3,14H2. The fourth-order valence-electron chi connectivity index (χ4n) is 1.41. The minimum absolute atomic E-state index is 0.0441. The van der Waals surface area contributed by atoms with Gasteiger partial charge in [0, 0.05) is 0 Å². The summed E-state index contributed by atoms with van der Waals surface area (Å²) in [5, 5.41) is 0.543. The predicted octanol–water partition coefficient (Wildman–Crippen LogP) is 3.28. The van der Waals surface area contributed by atoms with Crippen molar-refractivity contribution >= 4 is 34.9 Å². The molecule has 0 amide bonds. The Bertz CT molecular complexity index is 407. The average Bonchev–Trinajstić information content (AvgIpc) is 2.19. The number of carbonyl (C=O) groups excluding carboxylic acids is 1. The maximum absolute atomic E-state index is 11.7. The number of hydrogen-bond donors (Lipinski definition) is 1. The summed E-state index contributed by atoms with van der Waals surface area (Å²) in [5.41, 5.74) is 6.20. The molecule has 1 saturated carbocycles. The summed E-state index contributed by atoms with van der Waals surface area (Å²) in [6, 6.07) is 2.95. The summed E-state index contributed by atoms with van der Waals surface area (Å²) in [6.45, 7) is 0. The molecule has 0 unspecified atom stereocenters. The molecule has 2 rings (SSSR count). The Hall–Kier alpha value is -0.930. The molecule has 5 heteroatoms. The van der Waals surface area contributed by atoms with Gasteiger partial charge in [0.2, 0.25) is 0 Å². The van der Waals surface area contributed by atoms with Crippen LogP contribution in [-0.2, 0) is 4.74 Å². The van der Waals surface area contributed by atoms with E-state index in [-0.39, 0.29) is 21.8 Å². The van der Waals surface area contributed by atoms with Gasteiger partial charge in [-0.1, -0.05) is 23.2 Å². The average molecular weight is 260 g/mol. The minimum atomic E-state index is -0.395. The van der Waals surface area contributed by atoms with Crippen molar-refractivity contribution in [3.63, 3.8) is 0 Å². The Morgan fingerprint density at radius 2 is 1.88 bits per heavy atom. The van der Waals surface area contributed by atoms with Crippen LogP contribution in [0.15, 0.2) is 12.1 Å². The number of rotatable bonds is 2. The van der Waals surface area contributed by atoms with Gasteiger partial charge in [-0.25, -0.2) is 4.79 Å². The molecule has 0 aliphatic heterocycles. The normalized spacial score (nSPS) is 15.6. The van der Waals surface area contributed by atoms with E-state index in [0.717, 1.165) is 19.3 Å². The molecule has 1 fully saturated rings. The molecule has 3 nitrogen and oxygen atoms in total. The zero-order valence-corrected chi connectivity index (χ0v) is 10.0. The Morgan fingerprint density at radius 1 is 1.31 bits per heavy atom. The summed E-state index contributed by atoms with van der Waals surface area (Å²) in [4.78, 5) is 11.7. The summed E-state index contributed by atoms with van der Waals surface area (Å²) in [5.74, 6) is -0.395. The van der Waals surface area contributed by atoms with Crippen LogP contribution >= 0.6 is 23.2 Å². The second-order valence-electron chi connectivity index (χ2n) is 3.81. The fourth-order valence-corrected chi connectivity index (χ4v) is 1.90. The highest BCUT2D eigenvalue weighted by Crippen LogP contribution is 2.30. The first-order chi connectivity index (χ1) is 7.58. The van der Waals surface area contributed by atoms with Gasteiger partial charge >= 0.3 is 5.97 Å². The predicted molar refractivity (Wildman–Crippen MR) is 63.9 cm³/mol. The van der Waals surface area contributed by atoms with Crippen LogP contribution < -0.4 is 5.73 Å². The van der Waals surface area contributed by atoms with Crippen LogP contribution in [0.4, 0.5) is 5.69 Å². The second-order valence-corrected chi connectivity index (χ2v) is 4.63. The second kappa shape index (κ2) is 4.52. The lowest BCUT2D eigenvalue weighted by molar-refractivity contribution is 0.00901. The third kappa shape index (κ3) is 2.25. The van der Waals surface area contributed by atoms with Crippen LogP contribution in [0.2, 0.25) is 10.0 Å². The fraction of sp³-hybridized carbons (Fsp3) is 0.364. The van der Waals surface area contributed by atoms with Crippen molar-refractivity contribution < 1.29 is 9.53 Å². The molecular formula is C11H11Cl2NO2. The quantitative estimate of drug-likeness (QED) is 0.655.